The van der Waals surface area contributed by atoms with Crippen LogP contribution in [0.5, 0.6) is 0 Å². The first-order valence-corrected chi connectivity index (χ1v) is 7.35. The fourth-order valence-electron chi connectivity index (χ4n) is 2.16. The van der Waals surface area contributed by atoms with Crippen molar-refractivity contribution in [1.29, 1.82) is 0 Å². The van der Waals surface area contributed by atoms with Gasteiger partial charge in [0.05, 0.1) is 0 Å². The average molecular weight is 308 g/mol. The molecule has 0 bridgehead atoms. The molecule has 2 aromatic carbocycles. The lowest BCUT2D eigenvalue weighted by Crippen LogP contribution is -2.06. The van der Waals surface area contributed by atoms with Crippen LogP contribution in [0, 0.1) is 12.7 Å². The Morgan fingerprint density at radius 3 is 2.43 bits per heavy atom. The Morgan fingerprint density at radius 2 is 1.70 bits per heavy atom. The van der Waals surface area contributed by atoms with Gasteiger partial charge in [0.1, 0.15) is 11.6 Å². The molecule has 0 saturated heterocycles. The van der Waals surface area contributed by atoms with Crippen LogP contribution < -0.4 is 10.6 Å². The number of anilines is 3. The van der Waals surface area contributed by atoms with Crippen LogP contribution in [0.2, 0.25) is 0 Å². The summed E-state index contributed by atoms with van der Waals surface area (Å²) in [5.74, 6) is 1.02. The van der Waals surface area contributed by atoms with Gasteiger partial charge in [0.2, 0.25) is 5.95 Å². The zero-order valence-electron chi connectivity index (χ0n) is 12.8. The third kappa shape index (κ3) is 4.26. The van der Waals surface area contributed by atoms with Gasteiger partial charge in [-0.25, -0.2) is 9.37 Å². The van der Waals surface area contributed by atoms with E-state index in [9.17, 15) is 4.39 Å². The Bertz CT molecular complexity index is 773. The third-order valence-electron chi connectivity index (χ3n) is 3.26. The molecule has 0 amide bonds. The van der Waals surface area contributed by atoms with E-state index in [0.29, 0.717) is 12.5 Å². The maximum absolute atomic E-state index is 12.9. The van der Waals surface area contributed by atoms with Crippen LogP contribution >= 0.6 is 0 Å². The van der Waals surface area contributed by atoms with Crippen LogP contribution in [-0.2, 0) is 6.54 Å². The summed E-state index contributed by atoms with van der Waals surface area (Å²) in [7, 11) is 0. The molecule has 0 atom stereocenters. The maximum atomic E-state index is 12.9. The highest BCUT2D eigenvalue weighted by Crippen LogP contribution is 2.16. The van der Waals surface area contributed by atoms with Crippen LogP contribution in [0.4, 0.5) is 21.8 Å². The molecule has 0 fully saturated rings. The molecule has 0 saturated carbocycles. The zero-order valence-corrected chi connectivity index (χ0v) is 12.8. The topological polar surface area (TPSA) is 49.8 Å². The van der Waals surface area contributed by atoms with E-state index >= 15 is 0 Å². The van der Waals surface area contributed by atoms with Crippen molar-refractivity contribution in [2.45, 2.75) is 13.5 Å². The predicted molar refractivity (Wildman–Crippen MR) is 90.2 cm³/mol. The van der Waals surface area contributed by atoms with E-state index in [1.165, 1.54) is 12.1 Å². The molecule has 0 radical (unpaired) electrons. The molecule has 23 heavy (non-hydrogen) atoms. The first kappa shape index (κ1) is 15.0. The molecular weight excluding hydrogens is 291 g/mol. The Labute approximate surface area is 134 Å². The maximum Gasteiger partial charge on any atom is 0.225 e. The van der Waals surface area contributed by atoms with E-state index in [1.54, 1.807) is 12.1 Å². The minimum Gasteiger partial charge on any atom is -0.350 e. The number of para-hydroxylation sites is 1. The number of aryl methyl sites for hydroxylation is 1. The second-order valence-corrected chi connectivity index (χ2v) is 5.19. The Morgan fingerprint density at radius 1 is 0.957 bits per heavy atom. The minimum atomic E-state index is -0.241. The first-order chi connectivity index (χ1) is 11.2. The molecule has 1 heterocycles. The van der Waals surface area contributed by atoms with Gasteiger partial charge in [-0.15, -0.1) is 0 Å². The van der Waals surface area contributed by atoms with E-state index in [-0.39, 0.29) is 5.82 Å². The van der Waals surface area contributed by atoms with Crippen molar-refractivity contribution in [2.24, 2.45) is 0 Å². The van der Waals surface area contributed by atoms with Gasteiger partial charge in [-0.1, -0.05) is 30.3 Å². The number of nitrogens with zero attached hydrogens (tertiary/aromatic N) is 2. The SMILES string of the molecule is Cc1cc(Nc2ccccc2)nc(NCc2ccc(F)cc2)n1. The molecule has 0 unspecified atom stereocenters. The van der Waals surface area contributed by atoms with Crippen molar-refractivity contribution in [3.8, 4) is 0 Å². The quantitative estimate of drug-likeness (QED) is 0.738. The summed E-state index contributed by atoms with van der Waals surface area (Å²) in [4.78, 5) is 8.83. The van der Waals surface area contributed by atoms with E-state index in [0.717, 1.165) is 22.8 Å². The lowest BCUT2D eigenvalue weighted by Gasteiger charge is -2.10. The molecule has 1 aromatic heterocycles. The van der Waals surface area contributed by atoms with Crippen molar-refractivity contribution in [1.82, 2.24) is 9.97 Å². The van der Waals surface area contributed by atoms with Crippen molar-refractivity contribution in [2.75, 3.05) is 10.6 Å². The summed E-state index contributed by atoms with van der Waals surface area (Å²) < 4.78 is 12.9. The van der Waals surface area contributed by atoms with E-state index in [1.807, 2.05) is 43.3 Å². The fourth-order valence-corrected chi connectivity index (χ4v) is 2.16. The zero-order chi connectivity index (χ0) is 16.1. The lowest BCUT2D eigenvalue weighted by atomic mass is 10.2. The van der Waals surface area contributed by atoms with Crippen LogP contribution in [0.15, 0.2) is 60.7 Å². The normalized spacial score (nSPS) is 10.3. The molecule has 2 N–H and O–H groups in total. The molecule has 116 valence electrons. The molecule has 3 aromatic rings. The van der Waals surface area contributed by atoms with Gasteiger partial charge in [0.15, 0.2) is 0 Å². The summed E-state index contributed by atoms with van der Waals surface area (Å²) in [6.45, 7) is 2.45. The largest absolute Gasteiger partial charge is 0.350 e. The van der Waals surface area contributed by atoms with Crippen LogP contribution in [0.25, 0.3) is 0 Å². The molecule has 0 spiro atoms. The Kier molecular flexibility index (Phi) is 4.47. The third-order valence-corrected chi connectivity index (χ3v) is 3.26. The van der Waals surface area contributed by atoms with Crippen LogP contribution in [0.3, 0.4) is 0 Å². The second kappa shape index (κ2) is 6.87. The number of hydrogen-bond donors (Lipinski definition) is 2. The van der Waals surface area contributed by atoms with E-state index < -0.39 is 0 Å². The summed E-state index contributed by atoms with van der Waals surface area (Å²) >= 11 is 0. The number of rotatable bonds is 5. The van der Waals surface area contributed by atoms with Gasteiger partial charge in [-0.2, -0.15) is 4.98 Å². The molecule has 4 nitrogen and oxygen atoms in total. The van der Waals surface area contributed by atoms with Crippen molar-refractivity contribution < 1.29 is 4.39 Å². The summed E-state index contributed by atoms with van der Waals surface area (Å²) in [6.07, 6.45) is 0. The smallest absolute Gasteiger partial charge is 0.225 e. The minimum absolute atomic E-state index is 0.241. The van der Waals surface area contributed by atoms with E-state index in [2.05, 4.69) is 20.6 Å². The fraction of sp³-hybridized carbons (Fsp3) is 0.111. The van der Waals surface area contributed by atoms with Gasteiger partial charge in [0.25, 0.3) is 0 Å². The summed E-state index contributed by atoms with van der Waals surface area (Å²) in [5.41, 5.74) is 2.80. The molecular formula is C18H17FN4. The van der Waals surface area contributed by atoms with Gasteiger partial charge in [-0.05, 0) is 36.8 Å². The van der Waals surface area contributed by atoms with Gasteiger partial charge in [0, 0.05) is 24.0 Å². The van der Waals surface area contributed by atoms with Crippen molar-refractivity contribution in [3.05, 3.63) is 77.7 Å². The first-order valence-electron chi connectivity index (χ1n) is 7.35. The molecule has 0 aliphatic carbocycles. The van der Waals surface area contributed by atoms with Gasteiger partial charge >= 0.3 is 0 Å². The number of benzene rings is 2. The Hall–Kier alpha value is -2.95. The summed E-state index contributed by atoms with van der Waals surface area (Å²) in [5, 5.41) is 6.41. The molecule has 0 aliphatic rings. The van der Waals surface area contributed by atoms with Crippen molar-refractivity contribution >= 4 is 17.5 Å². The average Bonchev–Trinajstić information content (AvgIpc) is 2.55. The second-order valence-electron chi connectivity index (χ2n) is 5.19. The Balaban J connectivity index is 1.71. The number of halogens is 1. The monoisotopic (exact) mass is 308 g/mol. The standard InChI is InChI=1S/C18H17FN4/c1-13-11-17(22-16-5-3-2-4-6-16)23-18(21-13)20-12-14-7-9-15(19)10-8-14/h2-11H,12H2,1H3,(H2,20,21,22,23). The van der Waals surface area contributed by atoms with E-state index in [4.69, 9.17) is 0 Å². The highest BCUT2D eigenvalue weighted by Gasteiger charge is 2.03. The predicted octanol–water partition coefficient (Wildman–Crippen LogP) is 4.28. The van der Waals surface area contributed by atoms with Gasteiger partial charge < -0.3 is 10.6 Å². The summed E-state index contributed by atoms with van der Waals surface area (Å²) in [6, 6.07) is 18.1. The number of nitrogens with one attached hydrogen (secondary N) is 2. The number of aromatic nitrogens is 2. The number of hydrogen-bond acceptors (Lipinski definition) is 4. The van der Waals surface area contributed by atoms with Crippen molar-refractivity contribution in [3.63, 3.8) is 0 Å². The lowest BCUT2D eigenvalue weighted by molar-refractivity contribution is 0.627. The van der Waals surface area contributed by atoms with Gasteiger partial charge in [-0.3, -0.25) is 0 Å². The van der Waals surface area contributed by atoms with Crippen LogP contribution in [0.1, 0.15) is 11.3 Å². The molecule has 3 rings (SSSR count). The van der Waals surface area contributed by atoms with Crippen LogP contribution in [-0.4, -0.2) is 9.97 Å². The molecule has 5 heteroatoms. The molecule has 0 aliphatic heterocycles. The highest BCUT2D eigenvalue weighted by atomic mass is 19.1. The highest BCUT2D eigenvalue weighted by molar-refractivity contribution is 5.57.